The van der Waals surface area contributed by atoms with E-state index in [2.05, 4.69) is 10.1 Å². The maximum absolute atomic E-state index is 12.2. The fourth-order valence-electron chi connectivity index (χ4n) is 2.60. The van der Waals surface area contributed by atoms with E-state index in [9.17, 15) is 8.78 Å². The van der Waals surface area contributed by atoms with Gasteiger partial charge in [0.2, 0.25) is 0 Å². The van der Waals surface area contributed by atoms with Crippen LogP contribution in [0, 0.1) is 0 Å². The van der Waals surface area contributed by atoms with E-state index in [0.717, 1.165) is 36.3 Å². The zero-order valence-corrected chi connectivity index (χ0v) is 10.8. The van der Waals surface area contributed by atoms with Gasteiger partial charge >= 0.3 is 6.61 Å². The number of fused-ring (bicyclic) bond motifs is 1. The van der Waals surface area contributed by atoms with Crippen molar-refractivity contribution in [2.75, 3.05) is 5.32 Å². The molecule has 1 heterocycles. The smallest absolute Gasteiger partial charge is 0.387 e. The number of ether oxygens (including phenoxy) is 1. The molecule has 2 aromatic rings. The Hall–Kier alpha value is -2.04. The molecule has 1 aliphatic rings. The van der Waals surface area contributed by atoms with Gasteiger partial charge in [-0.25, -0.2) is 0 Å². The van der Waals surface area contributed by atoms with Gasteiger partial charge in [0.25, 0.3) is 0 Å². The molecular formula is C15H15F2NO2. The van der Waals surface area contributed by atoms with Crippen molar-refractivity contribution < 1.29 is 17.9 Å². The van der Waals surface area contributed by atoms with Gasteiger partial charge in [-0.15, -0.1) is 0 Å². The molecule has 0 spiro atoms. The Kier molecular flexibility index (Phi) is 3.58. The standard InChI is InChI=1S/C15H15F2NO2/c16-15(17)20-11-4-1-3-10(9-11)18-13-5-2-6-14-12(13)7-8-19-14/h1,3-4,7-9,13,15,18H,2,5-6H2. The summed E-state index contributed by atoms with van der Waals surface area (Å²) in [5, 5.41) is 3.35. The summed E-state index contributed by atoms with van der Waals surface area (Å²) in [6.45, 7) is -2.81. The van der Waals surface area contributed by atoms with Crippen molar-refractivity contribution in [2.45, 2.75) is 31.9 Å². The maximum atomic E-state index is 12.2. The van der Waals surface area contributed by atoms with Crippen LogP contribution in [0.5, 0.6) is 5.75 Å². The van der Waals surface area contributed by atoms with Gasteiger partial charge < -0.3 is 14.5 Å². The number of benzene rings is 1. The zero-order valence-electron chi connectivity index (χ0n) is 10.8. The summed E-state index contributed by atoms with van der Waals surface area (Å²) < 4.78 is 34.3. The van der Waals surface area contributed by atoms with Crippen molar-refractivity contribution in [1.82, 2.24) is 0 Å². The molecule has 1 atom stereocenters. The van der Waals surface area contributed by atoms with Crippen LogP contribution in [-0.4, -0.2) is 6.61 Å². The molecule has 0 radical (unpaired) electrons. The predicted molar refractivity (Wildman–Crippen MR) is 71.1 cm³/mol. The second-order valence-electron chi connectivity index (χ2n) is 4.79. The third-order valence-corrected chi connectivity index (χ3v) is 3.45. The van der Waals surface area contributed by atoms with Gasteiger partial charge in [0, 0.05) is 23.7 Å². The van der Waals surface area contributed by atoms with E-state index in [1.54, 1.807) is 18.4 Å². The van der Waals surface area contributed by atoms with Crippen LogP contribution in [0.1, 0.15) is 30.2 Å². The Balaban J connectivity index is 1.76. The molecule has 3 rings (SSSR count). The first kappa shape index (κ1) is 13.0. The topological polar surface area (TPSA) is 34.4 Å². The van der Waals surface area contributed by atoms with Crippen molar-refractivity contribution in [1.29, 1.82) is 0 Å². The summed E-state index contributed by atoms with van der Waals surface area (Å²) in [5.41, 5.74) is 1.92. The van der Waals surface area contributed by atoms with Crippen molar-refractivity contribution >= 4 is 5.69 Å². The van der Waals surface area contributed by atoms with E-state index >= 15 is 0 Å². The molecule has 1 unspecified atom stereocenters. The van der Waals surface area contributed by atoms with E-state index in [1.807, 2.05) is 12.1 Å². The van der Waals surface area contributed by atoms with Gasteiger partial charge in [0.05, 0.1) is 12.3 Å². The lowest BCUT2D eigenvalue weighted by Crippen LogP contribution is -2.15. The molecule has 0 bridgehead atoms. The molecule has 0 aliphatic heterocycles. The Morgan fingerprint density at radius 2 is 2.20 bits per heavy atom. The maximum Gasteiger partial charge on any atom is 0.387 e. The minimum Gasteiger partial charge on any atom is -0.469 e. The number of alkyl halides is 2. The van der Waals surface area contributed by atoms with E-state index in [-0.39, 0.29) is 11.8 Å². The second kappa shape index (κ2) is 5.53. The SMILES string of the molecule is FC(F)Oc1cccc(NC2CCCc3occc32)c1. The highest BCUT2D eigenvalue weighted by Gasteiger charge is 2.22. The van der Waals surface area contributed by atoms with E-state index in [1.165, 1.54) is 6.07 Å². The highest BCUT2D eigenvalue weighted by molar-refractivity contribution is 5.50. The second-order valence-corrected chi connectivity index (χ2v) is 4.79. The summed E-state index contributed by atoms with van der Waals surface area (Å²) in [7, 11) is 0. The Morgan fingerprint density at radius 3 is 3.05 bits per heavy atom. The summed E-state index contributed by atoms with van der Waals surface area (Å²) >= 11 is 0. The summed E-state index contributed by atoms with van der Waals surface area (Å²) in [6, 6.07) is 8.75. The molecular weight excluding hydrogens is 264 g/mol. The minimum absolute atomic E-state index is 0.152. The number of anilines is 1. The van der Waals surface area contributed by atoms with Crippen LogP contribution in [0.3, 0.4) is 0 Å². The van der Waals surface area contributed by atoms with Crippen LogP contribution < -0.4 is 10.1 Å². The monoisotopic (exact) mass is 279 g/mol. The number of hydrogen-bond acceptors (Lipinski definition) is 3. The third kappa shape index (κ3) is 2.76. The number of nitrogens with one attached hydrogen (secondary N) is 1. The first-order valence-corrected chi connectivity index (χ1v) is 6.60. The number of hydrogen-bond donors (Lipinski definition) is 1. The average molecular weight is 279 g/mol. The first-order valence-electron chi connectivity index (χ1n) is 6.60. The molecule has 1 aliphatic carbocycles. The van der Waals surface area contributed by atoms with Gasteiger partial charge in [-0.1, -0.05) is 6.07 Å². The van der Waals surface area contributed by atoms with Crippen LogP contribution in [0.4, 0.5) is 14.5 Å². The molecule has 0 saturated carbocycles. The Labute approximate surface area is 115 Å². The lowest BCUT2D eigenvalue weighted by Gasteiger charge is -2.24. The number of furan rings is 1. The van der Waals surface area contributed by atoms with Crippen LogP contribution in [-0.2, 0) is 6.42 Å². The van der Waals surface area contributed by atoms with Crippen LogP contribution in [0.15, 0.2) is 41.0 Å². The number of aryl methyl sites for hydroxylation is 1. The van der Waals surface area contributed by atoms with Crippen LogP contribution in [0.2, 0.25) is 0 Å². The van der Waals surface area contributed by atoms with E-state index in [0.29, 0.717) is 0 Å². The van der Waals surface area contributed by atoms with Gasteiger partial charge in [0.1, 0.15) is 11.5 Å². The molecule has 20 heavy (non-hydrogen) atoms. The summed E-state index contributed by atoms with van der Waals surface area (Å²) in [5.74, 6) is 1.17. The number of halogens is 2. The van der Waals surface area contributed by atoms with Gasteiger partial charge in [-0.05, 0) is 31.0 Å². The molecule has 1 aromatic carbocycles. The van der Waals surface area contributed by atoms with Gasteiger partial charge in [-0.3, -0.25) is 0 Å². The van der Waals surface area contributed by atoms with Crippen LogP contribution in [0.25, 0.3) is 0 Å². The Bertz CT molecular complexity index is 583. The highest BCUT2D eigenvalue weighted by atomic mass is 19.3. The molecule has 0 amide bonds. The molecule has 1 aromatic heterocycles. The Morgan fingerprint density at radius 1 is 1.30 bits per heavy atom. The highest BCUT2D eigenvalue weighted by Crippen LogP contribution is 2.33. The molecule has 3 nitrogen and oxygen atoms in total. The molecule has 1 N–H and O–H groups in total. The molecule has 5 heteroatoms. The molecule has 0 fully saturated rings. The van der Waals surface area contributed by atoms with Crippen LogP contribution >= 0.6 is 0 Å². The lowest BCUT2D eigenvalue weighted by molar-refractivity contribution is -0.0498. The average Bonchev–Trinajstić information content (AvgIpc) is 2.88. The summed E-state index contributed by atoms with van der Waals surface area (Å²) in [4.78, 5) is 0. The zero-order chi connectivity index (χ0) is 13.9. The van der Waals surface area contributed by atoms with Crippen molar-refractivity contribution in [3.05, 3.63) is 47.9 Å². The predicted octanol–water partition coefficient (Wildman–Crippen LogP) is 4.37. The fourth-order valence-corrected chi connectivity index (χ4v) is 2.60. The molecule has 0 saturated heterocycles. The van der Waals surface area contributed by atoms with Crippen molar-refractivity contribution in [3.8, 4) is 5.75 Å². The number of rotatable bonds is 4. The van der Waals surface area contributed by atoms with Crippen molar-refractivity contribution in [2.24, 2.45) is 0 Å². The van der Waals surface area contributed by atoms with Crippen molar-refractivity contribution in [3.63, 3.8) is 0 Å². The van der Waals surface area contributed by atoms with E-state index < -0.39 is 6.61 Å². The largest absolute Gasteiger partial charge is 0.469 e. The molecule has 106 valence electrons. The third-order valence-electron chi connectivity index (χ3n) is 3.45. The van der Waals surface area contributed by atoms with Gasteiger partial charge in [0.15, 0.2) is 0 Å². The fraction of sp³-hybridized carbons (Fsp3) is 0.333. The normalized spacial score (nSPS) is 17.9. The lowest BCUT2D eigenvalue weighted by atomic mass is 9.93. The summed E-state index contributed by atoms with van der Waals surface area (Å²) in [6.07, 6.45) is 4.69. The first-order chi connectivity index (χ1) is 9.72. The van der Waals surface area contributed by atoms with Gasteiger partial charge in [-0.2, -0.15) is 8.78 Å². The minimum atomic E-state index is -2.81. The quantitative estimate of drug-likeness (QED) is 0.902. The van der Waals surface area contributed by atoms with E-state index in [4.69, 9.17) is 4.42 Å².